The summed E-state index contributed by atoms with van der Waals surface area (Å²) < 4.78 is 5.32. The molecule has 2 aromatic rings. The number of nitro benzene ring substituents is 1. The quantitative estimate of drug-likeness (QED) is 0.607. The minimum atomic E-state index is -0.504. The number of ether oxygens (including phenoxy) is 1. The van der Waals surface area contributed by atoms with Gasteiger partial charge in [0, 0.05) is 19.7 Å². The first-order valence-electron chi connectivity index (χ1n) is 6.71. The maximum absolute atomic E-state index is 12.0. The molecule has 0 aliphatic carbocycles. The molecule has 0 heterocycles. The van der Waals surface area contributed by atoms with Crippen LogP contribution in [0.2, 0.25) is 0 Å². The van der Waals surface area contributed by atoms with Gasteiger partial charge in [-0.25, -0.2) is 0 Å². The highest BCUT2D eigenvalue weighted by Crippen LogP contribution is 2.19. The van der Waals surface area contributed by atoms with Crippen molar-refractivity contribution in [1.82, 2.24) is 4.90 Å². The van der Waals surface area contributed by atoms with Crippen LogP contribution in [0.4, 0.5) is 5.69 Å². The van der Waals surface area contributed by atoms with Crippen LogP contribution in [-0.4, -0.2) is 29.4 Å². The van der Waals surface area contributed by atoms with Crippen molar-refractivity contribution in [2.75, 3.05) is 13.7 Å². The summed E-state index contributed by atoms with van der Waals surface area (Å²) in [6, 6.07) is 15.4. The minimum absolute atomic E-state index is 0.0670. The van der Waals surface area contributed by atoms with E-state index in [0.717, 1.165) is 5.56 Å². The second-order valence-corrected chi connectivity index (χ2v) is 4.78. The Kier molecular flexibility index (Phi) is 5.08. The van der Waals surface area contributed by atoms with Crippen LogP contribution >= 0.6 is 0 Å². The molecule has 0 unspecified atom stereocenters. The van der Waals surface area contributed by atoms with Gasteiger partial charge in [-0.3, -0.25) is 14.9 Å². The first-order valence-corrected chi connectivity index (χ1v) is 6.71. The summed E-state index contributed by atoms with van der Waals surface area (Å²) in [5, 5.41) is 10.7. The average molecular weight is 300 g/mol. The zero-order valence-electron chi connectivity index (χ0n) is 12.1. The lowest BCUT2D eigenvalue weighted by Gasteiger charge is -2.17. The summed E-state index contributed by atoms with van der Waals surface area (Å²) in [6.07, 6.45) is 0. The van der Waals surface area contributed by atoms with Crippen molar-refractivity contribution in [2.45, 2.75) is 6.54 Å². The SMILES string of the molecule is CN(Cc1ccccc1)C(=O)COc1cccc([N+](=O)[O-])c1. The maximum atomic E-state index is 12.0. The summed E-state index contributed by atoms with van der Waals surface area (Å²) in [6.45, 7) is 0.322. The van der Waals surface area contributed by atoms with E-state index >= 15 is 0 Å². The number of rotatable bonds is 6. The van der Waals surface area contributed by atoms with Gasteiger partial charge in [0.2, 0.25) is 0 Å². The molecule has 0 aliphatic heterocycles. The predicted molar refractivity (Wildman–Crippen MR) is 81.5 cm³/mol. The van der Waals surface area contributed by atoms with E-state index in [1.165, 1.54) is 18.2 Å². The highest BCUT2D eigenvalue weighted by molar-refractivity contribution is 5.77. The van der Waals surface area contributed by atoms with E-state index < -0.39 is 4.92 Å². The first-order chi connectivity index (χ1) is 10.6. The maximum Gasteiger partial charge on any atom is 0.273 e. The smallest absolute Gasteiger partial charge is 0.273 e. The number of hydrogen-bond donors (Lipinski definition) is 0. The van der Waals surface area contributed by atoms with Gasteiger partial charge < -0.3 is 9.64 Å². The highest BCUT2D eigenvalue weighted by Gasteiger charge is 2.11. The summed E-state index contributed by atoms with van der Waals surface area (Å²) in [5.74, 6) is 0.103. The molecule has 0 N–H and O–H groups in total. The fraction of sp³-hybridized carbons (Fsp3) is 0.188. The van der Waals surface area contributed by atoms with Gasteiger partial charge >= 0.3 is 0 Å². The number of non-ortho nitro benzene ring substituents is 1. The normalized spacial score (nSPS) is 10.0. The van der Waals surface area contributed by atoms with Crippen molar-refractivity contribution in [3.63, 3.8) is 0 Å². The number of likely N-dealkylation sites (N-methyl/N-ethyl adjacent to an activating group) is 1. The van der Waals surface area contributed by atoms with Crippen molar-refractivity contribution >= 4 is 11.6 Å². The Labute approximate surface area is 128 Å². The molecule has 0 bridgehead atoms. The largest absolute Gasteiger partial charge is 0.484 e. The molecule has 114 valence electrons. The number of nitro groups is 1. The number of carbonyl (C=O) groups is 1. The van der Waals surface area contributed by atoms with E-state index in [9.17, 15) is 14.9 Å². The van der Waals surface area contributed by atoms with E-state index in [0.29, 0.717) is 12.3 Å². The Bertz CT molecular complexity index is 658. The van der Waals surface area contributed by atoms with Gasteiger partial charge in [0.25, 0.3) is 11.6 Å². The monoisotopic (exact) mass is 300 g/mol. The Morgan fingerprint density at radius 2 is 1.91 bits per heavy atom. The number of hydrogen-bond acceptors (Lipinski definition) is 4. The van der Waals surface area contributed by atoms with Crippen LogP contribution in [0.5, 0.6) is 5.75 Å². The zero-order valence-corrected chi connectivity index (χ0v) is 12.1. The molecule has 0 fully saturated rings. The van der Waals surface area contributed by atoms with Gasteiger partial charge in [0.05, 0.1) is 11.0 Å². The molecule has 22 heavy (non-hydrogen) atoms. The Morgan fingerprint density at radius 3 is 2.59 bits per heavy atom. The lowest BCUT2D eigenvalue weighted by Crippen LogP contribution is -2.30. The fourth-order valence-corrected chi connectivity index (χ4v) is 1.89. The standard InChI is InChI=1S/C16H16N2O4/c1-17(11-13-6-3-2-4-7-13)16(19)12-22-15-9-5-8-14(10-15)18(20)21/h2-10H,11-12H2,1H3. The zero-order chi connectivity index (χ0) is 15.9. The van der Waals surface area contributed by atoms with E-state index in [1.807, 2.05) is 30.3 Å². The third kappa shape index (κ3) is 4.31. The molecule has 0 saturated heterocycles. The summed E-state index contributed by atoms with van der Waals surface area (Å²) in [7, 11) is 1.69. The van der Waals surface area contributed by atoms with Gasteiger partial charge in [0.15, 0.2) is 6.61 Å². The molecule has 6 nitrogen and oxygen atoms in total. The van der Waals surface area contributed by atoms with Crippen molar-refractivity contribution in [3.8, 4) is 5.75 Å². The average Bonchev–Trinajstić information content (AvgIpc) is 2.53. The molecule has 0 aromatic heterocycles. The molecule has 0 aliphatic rings. The summed E-state index contributed by atoms with van der Waals surface area (Å²) in [5.41, 5.74) is 0.955. The molecule has 2 rings (SSSR count). The molecule has 0 radical (unpaired) electrons. The van der Waals surface area contributed by atoms with Crippen LogP contribution in [0.1, 0.15) is 5.56 Å². The van der Waals surface area contributed by atoms with Crippen LogP contribution in [0.15, 0.2) is 54.6 Å². The number of nitrogens with zero attached hydrogens (tertiary/aromatic N) is 2. The third-order valence-electron chi connectivity index (χ3n) is 3.08. The molecule has 6 heteroatoms. The summed E-state index contributed by atoms with van der Waals surface area (Å²) >= 11 is 0. The second kappa shape index (κ2) is 7.21. The van der Waals surface area contributed by atoms with Crippen LogP contribution in [0, 0.1) is 10.1 Å². The molecule has 1 amide bonds. The lowest BCUT2D eigenvalue weighted by atomic mass is 10.2. The molecular weight excluding hydrogens is 284 g/mol. The number of benzene rings is 2. The minimum Gasteiger partial charge on any atom is -0.484 e. The van der Waals surface area contributed by atoms with E-state index in [4.69, 9.17) is 4.74 Å². The van der Waals surface area contributed by atoms with Crippen molar-refractivity contribution < 1.29 is 14.5 Å². The number of amides is 1. The molecular formula is C16H16N2O4. The van der Waals surface area contributed by atoms with Crippen molar-refractivity contribution in [3.05, 3.63) is 70.3 Å². The fourth-order valence-electron chi connectivity index (χ4n) is 1.89. The van der Waals surface area contributed by atoms with Crippen molar-refractivity contribution in [1.29, 1.82) is 0 Å². The Morgan fingerprint density at radius 1 is 1.18 bits per heavy atom. The van der Waals surface area contributed by atoms with Gasteiger partial charge in [0.1, 0.15) is 5.75 Å². The van der Waals surface area contributed by atoms with Gasteiger partial charge in [-0.2, -0.15) is 0 Å². The Hall–Kier alpha value is -2.89. The van der Waals surface area contributed by atoms with Gasteiger partial charge in [-0.15, -0.1) is 0 Å². The van der Waals surface area contributed by atoms with Gasteiger partial charge in [-0.1, -0.05) is 36.4 Å². The topological polar surface area (TPSA) is 72.7 Å². The van der Waals surface area contributed by atoms with Crippen molar-refractivity contribution in [2.24, 2.45) is 0 Å². The van der Waals surface area contributed by atoms with Gasteiger partial charge in [-0.05, 0) is 11.6 Å². The third-order valence-corrected chi connectivity index (χ3v) is 3.08. The molecule has 0 saturated carbocycles. The predicted octanol–water partition coefficient (Wildman–Crippen LogP) is 2.63. The van der Waals surface area contributed by atoms with Crippen LogP contribution < -0.4 is 4.74 Å². The molecule has 2 aromatic carbocycles. The van der Waals surface area contributed by atoms with E-state index in [2.05, 4.69) is 0 Å². The highest BCUT2D eigenvalue weighted by atomic mass is 16.6. The van der Waals surface area contributed by atoms with Crippen LogP contribution in [0.25, 0.3) is 0 Å². The first kappa shape index (κ1) is 15.5. The van der Waals surface area contributed by atoms with Crippen LogP contribution in [0.3, 0.4) is 0 Å². The molecule has 0 spiro atoms. The van der Waals surface area contributed by atoms with E-state index in [1.54, 1.807) is 18.0 Å². The number of carbonyl (C=O) groups excluding carboxylic acids is 1. The second-order valence-electron chi connectivity index (χ2n) is 4.78. The molecule has 0 atom stereocenters. The van der Waals surface area contributed by atoms with E-state index in [-0.39, 0.29) is 18.2 Å². The summed E-state index contributed by atoms with van der Waals surface area (Å²) in [4.78, 5) is 23.7. The van der Waals surface area contributed by atoms with Crippen LogP contribution in [-0.2, 0) is 11.3 Å². The Balaban J connectivity index is 1.89. The lowest BCUT2D eigenvalue weighted by molar-refractivity contribution is -0.384.